The summed E-state index contributed by atoms with van der Waals surface area (Å²) in [5, 5.41) is 11.2. The molecule has 0 heterocycles. The number of rotatable bonds is 5. The van der Waals surface area contributed by atoms with Crippen molar-refractivity contribution in [3.05, 3.63) is 33.4 Å². The Bertz CT molecular complexity index is 694. The van der Waals surface area contributed by atoms with E-state index in [2.05, 4.69) is 4.72 Å². The Kier molecular flexibility index (Phi) is 6.52. The summed E-state index contributed by atoms with van der Waals surface area (Å²) in [5.41, 5.74) is 6.66. The normalized spacial score (nSPS) is 21.0. The van der Waals surface area contributed by atoms with Gasteiger partial charge in [-0.2, -0.15) is 0 Å². The summed E-state index contributed by atoms with van der Waals surface area (Å²) in [4.78, 5) is 10.3. The molecule has 1 aromatic carbocycles. The molecule has 23 heavy (non-hydrogen) atoms. The standard InChI is InChI=1S/C14H21N3O4S.ClH/c1-9-6-13(17(18)19)14(7-10(9)2)22(20,21)16-12-5-3-4-11(12)8-15;/h6-7,11-12,16H,3-5,8,15H2,1-2H3;1H. The third-order valence-corrected chi connectivity index (χ3v) is 5.85. The van der Waals surface area contributed by atoms with E-state index in [1.807, 2.05) is 0 Å². The van der Waals surface area contributed by atoms with Crippen molar-refractivity contribution in [3.8, 4) is 0 Å². The number of nitro groups is 1. The topological polar surface area (TPSA) is 115 Å². The molecule has 3 N–H and O–H groups in total. The van der Waals surface area contributed by atoms with Gasteiger partial charge in [-0.1, -0.05) is 6.42 Å². The van der Waals surface area contributed by atoms with E-state index in [9.17, 15) is 18.5 Å². The van der Waals surface area contributed by atoms with E-state index in [0.29, 0.717) is 24.1 Å². The van der Waals surface area contributed by atoms with Crippen LogP contribution < -0.4 is 10.5 Å². The highest BCUT2D eigenvalue weighted by atomic mass is 35.5. The first-order valence-electron chi connectivity index (χ1n) is 7.24. The van der Waals surface area contributed by atoms with Gasteiger partial charge in [-0.05, 0) is 56.3 Å². The minimum Gasteiger partial charge on any atom is -0.330 e. The van der Waals surface area contributed by atoms with Crippen LogP contribution >= 0.6 is 12.4 Å². The third-order valence-electron chi connectivity index (χ3n) is 4.33. The molecule has 0 saturated heterocycles. The van der Waals surface area contributed by atoms with Gasteiger partial charge in [0.25, 0.3) is 5.69 Å². The van der Waals surface area contributed by atoms with Gasteiger partial charge in [-0.3, -0.25) is 10.1 Å². The van der Waals surface area contributed by atoms with Gasteiger partial charge >= 0.3 is 0 Å². The zero-order valence-corrected chi connectivity index (χ0v) is 14.7. The Morgan fingerprint density at radius 1 is 1.30 bits per heavy atom. The number of nitrogens with zero attached hydrogens (tertiary/aromatic N) is 1. The average molecular weight is 364 g/mol. The predicted octanol–water partition coefficient (Wildman–Crippen LogP) is 2.04. The summed E-state index contributed by atoms with van der Waals surface area (Å²) in [6.07, 6.45) is 2.49. The zero-order chi connectivity index (χ0) is 16.5. The van der Waals surface area contributed by atoms with Crippen molar-refractivity contribution in [1.29, 1.82) is 0 Å². The van der Waals surface area contributed by atoms with Crippen LogP contribution in [0.5, 0.6) is 0 Å². The highest BCUT2D eigenvalue weighted by Crippen LogP contribution is 2.30. The van der Waals surface area contributed by atoms with E-state index < -0.39 is 20.6 Å². The minimum atomic E-state index is -3.95. The zero-order valence-electron chi connectivity index (χ0n) is 13.1. The highest BCUT2D eigenvalue weighted by molar-refractivity contribution is 7.89. The number of aryl methyl sites for hydroxylation is 2. The number of halogens is 1. The van der Waals surface area contributed by atoms with Crippen LogP contribution in [0.25, 0.3) is 0 Å². The van der Waals surface area contributed by atoms with Gasteiger partial charge in [0.1, 0.15) is 0 Å². The van der Waals surface area contributed by atoms with Gasteiger partial charge < -0.3 is 5.73 Å². The SMILES string of the molecule is Cc1cc([N+](=O)[O-])c(S(=O)(=O)NC2CCCC2CN)cc1C.Cl. The van der Waals surface area contributed by atoms with Crippen LogP contribution in [0.15, 0.2) is 17.0 Å². The Balaban J connectivity index is 0.00000264. The van der Waals surface area contributed by atoms with Gasteiger partial charge in [-0.25, -0.2) is 13.1 Å². The number of benzene rings is 1. The van der Waals surface area contributed by atoms with Crippen LogP contribution in [0.1, 0.15) is 30.4 Å². The van der Waals surface area contributed by atoms with Crippen molar-refractivity contribution < 1.29 is 13.3 Å². The summed E-state index contributed by atoms with van der Waals surface area (Å²) in [6.45, 7) is 3.85. The molecular formula is C14H22ClN3O4S. The molecule has 0 aromatic heterocycles. The maximum Gasteiger partial charge on any atom is 0.289 e. The first-order chi connectivity index (χ1) is 10.3. The lowest BCUT2D eigenvalue weighted by molar-refractivity contribution is -0.387. The second-order valence-corrected chi connectivity index (χ2v) is 7.50. The summed E-state index contributed by atoms with van der Waals surface area (Å²) in [7, 11) is -3.95. The average Bonchev–Trinajstić information content (AvgIpc) is 2.87. The van der Waals surface area contributed by atoms with Crippen LogP contribution in [-0.2, 0) is 10.0 Å². The molecule has 1 aromatic rings. The van der Waals surface area contributed by atoms with E-state index in [1.165, 1.54) is 12.1 Å². The molecule has 0 spiro atoms. The van der Waals surface area contributed by atoms with E-state index in [4.69, 9.17) is 5.73 Å². The molecule has 1 aliphatic rings. The number of hydrogen-bond donors (Lipinski definition) is 2. The monoisotopic (exact) mass is 363 g/mol. The van der Waals surface area contributed by atoms with Crippen LogP contribution in [0.4, 0.5) is 5.69 Å². The number of hydrogen-bond acceptors (Lipinski definition) is 5. The van der Waals surface area contributed by atoms with Gasteiger partial charge in [0, 0.05) is 12.1 Å². The molecule has 1 saturated carbocycles. The fraction of sp³-hybridized carbons (Fsp3) is 0.571. The van der Waals surface area contributed by atoms with Crippen molar-refractivity contribution in [1.82, 2.24) is 4.72 Å². The summed E-state index contributed by atoms with van der Waals surface area (Å²) in [6, 6.07) is 2.41. The van der Waals surface area contributed by atoms with E-state index in [0.717, 1.165) is 12.8 Å². The Labute approximate surface area is 142 Å². The van der Waals surface area contributed by atoms with Gasteiger partial charge in [0.2, 0.25) is 10.0 Å². The van der Waals surface area contributed by atoms with Gasteiger partial charge in [0.05, 0.1) is 4.92 Å². The Morgan fingerprint density at radius 2 is 1.91 bits per heavy atom. The van der Waals surface area contributed by atoms with Gasteiger partial charge in [-0.15, -0.1) is 12.4 Å². The fourth-order valence-corrected chi connectivity index (χ4v) is 4.45. The lowest BCUT2D eigenvalue weighted by Crippen LogP contribution is -2.40. The first kappa shape index (κ1) is 19.8. The predicted molar refractivity (Wildman–Crippen MR) is 90.3 cm³/mol. The summed E-state index contributed by atoms with van der Waals surface area (Å²) >= 11 is 0. The second-order valence-electron chi connectivity index (χ2n) is 5.82. The molecule has 2 unspecified atom stereocenters. The van der Waals surface area contributed by atoms with E-state index in [-0.39, 0.29) is 29.3 Å². The van der Waals surface area contributed by atoms with Crippen LogP contribution in [0, 0.1) is 29.9 Å². The number of nitro benzene ring substituents is 1. The molecule has 1 fully saturated rings. The van der Waals surface area contributed by atoms with Crippen molar-refractivity contribution in [2.24, 2.45) is 11.7 Å². The molecule has 2 atom stereocenters. The lowest BCUT2D eigenvalue weighted by Gasteiger charge is -2.19. The van der Waals surface area contributed by atoms with E-state index >= 15 is 0 Å². The quantitative estimate of drug-likeness (QED) is 0.613. The molecule has 1 aliphatic carbocycles. The van der Waals surface area contributed by atoms with Crippen molar-refractivity contribution in [2.45, 2.75) is 44.0 Å². The molecular weight excluding hydrogens is 342 g/mol. The molecule has 0 aliphatic heterocycles. The van der Waals surface area contributed by atoms with Crippen LogP contribution in [-0.4, -0.2) is 25.9 Å². The van der Waals surface area contributed by atoms with Crippen LogP contribution in [0.3, 0.4) is 0 Å². The number of nitrogens with one attached hydrogen (secondary N) is 1. The fourth-order valence-electron chi connectivity index (χ4n) is 2.87. The smallest absolute Gasteiger partial charge is 0.289 e. The van der Waals surface area contributed by atoms with Crippen molar-refractivity contribution >= 4 is 28.1 Å². The maximum atomic E-state index is 12.6. The van der Waals surface area contributed by atoms with Gasteiger partial charge in [0.15, 0.2) is 4.90 Å². The van der Waals surface area contributed by atoms with E-state index in [1.54, 1.807) is 13.8 Å². The van der Waals surface area contributed by atoms with Crippen molar-refractivity contribution in [3.63, 3.8) is 0 Å². The molecule has 0 bridgehead atoms. The Hall–Kier alpha value is -1.22. The molecule has 9 heteroatoms. The van der Waals surface area contributed by atoms with Crippen molar-refractivity contribution in [2.75, 3.05) is 6.54 Å². The van der Waals surface area contributed by atoms with Crippen LogP contribution in [0.2, 0.25) is 0 Å². The highest BCUT2D eigenvalue weighted by Gasteiger charge is 2.33. The molecule has 130 valence electrons. The summed E-state index contributed by atoms with van der Waals surface area (Å²) < 4.78 is 27.8. The molecule has 0 radical (unpaired) electrons. The molecule has 2 rings (SSSR count). The maximum absolute atomic E-state index is 12.6. The first-order valence-corrected chi connectivity index (χ1v) is 8.72. The molecule has 7 nitrogen and oxygen atoms in total. The summed E-state index contributed by atoms with van der Waals surface area (Å²) in [5.74, 6) is 0.0837. The number of sulfonamides is 1. The largest absolute Gasteiger partial charge is 0.330 e. The minimum absolute atomic E-state index is 0. The second kappa shape index (κ2) is 7.57. The Morgan fingerprint density at radius 3 is 2.48 bits per heavy atom. The molecule has 0 amide bonds. The lowest BCUT2D eigenvalue weighted by atomic mass is 10.1. The number of nitrogens with two attached hydrogens (primary N) is 1. The third kappa shape index (κ3) is 4.20.